The highest BCUT2D eigenvalue weighted by Crippen LogP contribution is 2.26. The van der Waals surface area contributed by atoms with Gasteiger partial charge in [0, 0.05) is 22.4 Å². The first kappa shape index (κ1) is 13.2. The summed E-state index contributed by atoms with van der Waals surface area (Å²) >= 11 is 9.24. The van der Waals surface area contributed by atoms with Crippen LogP contribution in [0.1, 0.15) is 17.3 Å². The average molecular weight is 329 g/mol. The summed E-state index contributed by atoms with van der Waals surface area (Å²) in [5.74, 6) is 5.93. The van der Waals surface area contributed by atoms with Crippen LogP contribution in [0.25, 0.3) is 0 Å². The number of halogens is 2. The molecule has 2 aromatic rings. The third-order valence-electron chi connectivity index (χ3n) is 2.44. The lowest BCUT2D eigenvalue weighted by atomic mass is 10.0. The smallest absolute Gasteiger partial charge is 0.128 e. The summed E-state index contributed by atoms with van der Waals surface area (Å²) in [6, 6.07) is 5.08. The van der Waals surface area contributed by atoms with Gasteiger partial charge in [-0.05, 0) is 34.1 Å². The van der Waals surface area contributed by atoms with Crippen molar-refractivity contribution in [1.82, 2.24) is 15.4 Å². The number of anilines is 1. The molecule has 0 aliphatic carbocycles. The van der Waals surface area contributed by atoms with Crippen molar-refractivity contribution in [2.45, 2.75) is 6.04 Å². The second kappa shape index (κ2) is 5.62. The van der Waals surface area contributed by atoms with E-state index < -0.39 is 0 Å². The molecule has 0 saturated carbocycles. The molecule has 0 aliphatic rings. The average Bonchev–Trinajstić information content (AvgIpc) is 2.37. The first-order valence-electron chi connectivity index (χ1n) is 5.10. The Labute approximate surface area is 118 Å². The Morgan fingerprint density at radius 2 is 2.06 bits per heavy atom. The van der Waals surface area contributed by atoms with Crippen molar-refractivity contribution in [3.05, 3.63) is 51.3 Å². The van der Waals surface area contributed by atoms with E-state index in [1.165, 1.54) is 6.20 Å². The summed E-state index contributed by atoms with van der Waals surface area (Å²) in [6.07, 6.45) is 3.18. The molecular weight excluding hydrogens is 318 g/mol. The third kappa shape index (κ3) is 2.78. The molecule has 1 unspecified atom stereocenters. The molecule has 2 aromatic heterocycles. The van der Waals surface area contributed by atoms with E-state index in [-0.39, 0.29) is 6.04 Å². The van der Waals surface area contributed by atoms with Gasteiger partial charge in [-0.25, -0.2) is 10.4 Å². The fourth-order valence-electron chi connectivity index (χ4n) is 1.59. The highest BCUT2D eigenvalue weighted by molar-refractivity contribution is 9.10. The van der Waals surface area contributed by atoms with Gasteiger partial charge in [0.25, 0.3) is 0 Å². The minimum Gasteiger partial charge on any atom is -0.383 e. The summed E-state index contributed by atoms with van der Waals surface area (Å²) in [7, 11) is 0. The van der Waals surface area contributed by atoms with E-state index in [0.29, 0.717) is 16.4 Å². The predicted octanol–water partition coefficient (Wildman–Crippen LogP) is 2.03. The van der Waals surface area contributed by atoms with E-state index in [2.05, 4.69) is 31.3 Å². The van der Waals surface area contributed by atoms with Crippen LogP contribution in [0.5, 0.6) is 0 Å². The van der Waals surface area contributed by atoms with Gasteiger partial charge in [0.1, 0.15) is 5.82 Å². The molecular formula is C11H11BrClN5. The van der Waals surface area contributed by atoms with Crippen molar-refractivity contribution in [3.8, 4) is 0 Å². The molecule has 2 rings (SSSR count). The SMILES string of the molecule is NNC(c1ccc(Br)cn1)c1cc(Cl)cnc1N. The molecule has 7 heteroatoms. The standard InChI is InChI=1S/C11H11BrClN5/c12-6-1-2-9(16-4-6)10(18-15)8-3-7(13)5-17-11(8)14/h1-5,10,18H,15H2,(H2,14,17). The van der Waals surface area contributed by atoms with Crippen LogP contribution in [-0.4, -0.2) is 9.97 Å². The van der Waals surface area contributed by atoms with Crippen molar-refractivity contribution in [2.75, 3.05) is 5.73 Å². The van der Waals surface area contributed by atoms with Gasteiger partial charge >= 0.3 is 0 Å². The topological polar surface area (TPSA) is 89.8 Å². The van der Waals surface area contributed by atoms with Crippen LogP contribution in [0.3, 0.4) is 0 Å². The quantitative estimate of drug-likeness (QED) is 0.592. The van der Waals surface area contributed by atoms with E-state index in [9.17, 15) is 0 Å². The number of pyridine rings is 2. The van der Waals surface area contributed by atoms with Gasteiger partial charge in [0.2, 0.25) is 0 Å². The third-order valence-corrected chi connectivity index (χ3v) is 3.12. The number of hydrogen-bond acceptors (Lipinski definition) is 5. The molecule has 0 saturated heterocycles. The summed E-state index contributed by atoms with van der Waals surface area (Å²) in [4.78, 5) is 8.28. The van der Waals surface area contributed by atoms with E-state index >= 15 is 0 Å². The number of nitrogens with one attached hydrogen (secondary N) is 1. The minimum atomic E-state index is -0.357. The summed E-state index contributed by atoms with van der Waals surface area (Å²) in [6.45, 7) is 0. The Morgan fingerprint density at radius 1 is 1.28 bits per heavy atom. The van der Waals surface area contributed by atoms with Crippen LogP contribution in [0.15, 0.2) is 35.1 Å². The zero-order valence-electron chi connectivity index (χ0n) is 9.27. The van der Waals surface area contributed by atoms with Gasteiger partial charge in [-0.2, -0.15) is 0 Å². The number of nitrogens with zero attached hydrogens (tertiary/aromatic N) is 2. The van der Waals surface area contributed by atoms with Gasteiger partial charge in [-0.15, -0.1) is 0 Å². The molecule has 0 spiro atoms. The molecule has 18 heavy (non-hydrogen) atoms. The molecule has 0 aromatic carbocycles. The number of nitrogen functional groups attached to an aromatic ring is 1. The van der Waals surface area contributed by atoms with Crippen LogP contribution < -0.4 is 17.0 Å². The van der Waals surface area contributed by atoms with Crippen LogP contribution in [0.4, 0.5) is 5.82 Å². The van der Waals surface area contributed by atoms with E-state index in [1.807, 2.05) is 12.1 Å². The number of hydrazine groups is 1. The lowest BCUT2D eigenvalue weighted by molar-refractivity contribution is 0.620. The summed E-state index contributed by atoms with van der Waals surface area (Å²) < 4.78 is 0.888. The molecule has 0 amide bonds. The van der Waals surface area contributed by atoms with Crippen LogP contribution in [0.2, 0.25) is 5.02 Å². The van der Waals surface area contributed by atoms with E-state index in [4.69, 9.17) is 23.2 Å². The maximum atomic E-state index is 5.92. The molecule has 0 radical (unpaired) electrons. The second-order valence-electron chi connectivity index (χ2n) is 3.63. The Hall–Kier alpha value is -1.21. The molecule has 2 heterocycles. The highest BCUT2D eigenvalue weighted by atomic mass is 79.9. The maximum absolute atomic E-state index is 5.92. The normalized spacial score (nSPS) is 12.4. The van der Waals surface area contributed by atoms with Crippen LogP contribution in [0, 0.1) is 0 Å². The molecule has 0 aliphatic heterocycles. The molecule has 0 fully saturated rings. The number of aromatic nitrogens is 2. The van der Waals surface area contributed by atoms with E-state index in [0.717, 1.165) is 10.2 Å². The van der Waals surface area contributed by atoms with Crippen molar-refractivity contribution in [2.24, 2.45) is 5.84 Å². The number of hydrogen-bond donors (Lipinski definition) is 3. The zero-order chi connectivity index (χ0) is 13.1. The highest BCUT2D eigenvalue weighted by Gasteiger charge is 2.17. The molecule has 1 atom stereocenters. The van der Waals surface area contributed by atoms with Crippen LogP contribution >= 0.6 is 27.5 Å². The first-order valence-corrected chi connectivity index (χ1v) is 6.27. The fraction of sp³-hybridized carbons (Fsp3) is 0.0909. The first-order chi connectivity index (χ1) is 8.61. The summed E-state index contributed by atoms with van der Waals surface area (Å²) in [5, 5.41) is 0.497. The minimum absolute atomic E-state index is 0.357. The Balaban J connectivity index is 2.44. The molecule has 5 nitrogen and oxygen atoms in total. The second-order valence-corrected chi connectivity index (χ2v) is 4.98. The maximum Gasteiger partial charge on any atom is 0.128 e. The largest absolute Gasteiger partial charge is 0.383 e. The van der Waals surface area contributed by atoms with Crippen molar-refractivity contribution >= 4 is 33.3 Å². The lowest BCUT2D eigenvalue weighted by Crippen LogP contribution is -2.30. The number of rotatable bonds is 3. The fourth-order valence-corrected chi connectivity index (χ4v) is 1.99. The van der Waals surface area contributed by atoms with Gasteiger partial charge in [-0.3, -0.25) is 10.8 Å². The zero-order valence-corrected chi connectivity index (χ0v) is 11.6. The predicted molar refractivity (Wildman–Crippen MR) is 74.8 cm³/mol. The Bertz CT molecular complexity index is 546. The van der Waals surface area contributed by atoms with Crippen LogP contribution in [-0.2, 0) is 0 Å². The summed E-state index contributed by atoms with van der Waals surface area (Å²) in [5.41, 5.74) is 9.92. The Kier molecular flexibility index (Phi) is 4.13. The van der Waals surface area contributed by atoms with E-state index in [1.54, 1.807) is 12.3 Å². The van der Waals surface area contributed by atoms with Gasteiger partial charge < -0.3 is 5.73 Å². The monoisotopic (exact) mass is 327 g/mol. The van der Waals surface area contributed by atoms with Crippen molar-refractivity contribution in [1.29, 1.82) is 0 Å². The number of nitrogens with two attached hydrogens (primary N) is 2. The molecule has 5 N–H and O–H groups in total. The van der Waals surface area contributed by atoms with Gasteiger partial charge in [0.15, 0.2) is 0 Å². The molecule has 0 bridgehead atoms. The molecule has 94 valence electrons. The Morgan fingerprint density at radius 3 is 2.67 bits per heavy atom. The van der Waals surface area contributed by atoms with Crippen molar-refractivity contribution in [3.63, 3.8) is 0 Å². The van der Waals surface area contributed by atoms with Gasteiger partial charge in [-0.1, -0.05) is 11.6 Å². The van der Waals surface area contributed by atoms with Gasteiger partial charge in [0.05, 0.1) is 16.8 Å². The lowest BCUT2D eigenvalue weighted by Gasteiger charge is -2.17. The van der Waals surface area contributed by atoms with Crippen molar-refractivity contribution < 1.29 is 0 Å².